The first kappa shape index (κ1) is 49.7. The minimum absolute atomic E-state index is 0.0612. The fourth-order valence-corrected chi connectivity index (χ4v) is 9.64. The van der Waals surface area contributed by atoms with E-state index < -0.39 is 33.9 Å². The van der Waals surface area contributed by atoms with Crippen molar-refractivity contribution in [1.82, 2.24) is 19.6 Å². The molecule has 2 atom stereocenters. The number of hydrogen-bond acceptors (Lipinski definition) is 13. The van der Waals surface area contributed by atoms with Gasteiger partial charge in [0.1, 0.15) is 12.1 Å². The van der Waals surface area contributed by atoms with E-state index in [4.69, 9.17) is 9.47 Å². The normalized spacial score (nSPS) is 17.1. The molecule has 16 nitrogen and oxygen atoms in total. The predicted molar refractivity (Wildman–Crippen MR) is 257 cm³/mol. The van der Waals surface area contributed by atoms with Crippen LogP contribution in [0.25, 0.3) is 34.4 Å². The third-order valence-corrected chi connectivity index (χ3v) is 13.4. The number of carbonyl (C=O) groups is 4. The van der Waals surface area contributed by atoms with Gasteiger partial charge in [-0.15, -0.1) is 0 Å². The Bertz CT molecular complexity index is 2450. The largest absolute Gasteiger partial charge is 0.468 e. The maximum absolute atomic E-state index is 13.7. The van der Waals surface area contributed by atoms with E-state index in [0.29, 0.717) is 48.4 Å². The highest BCUT2D eigenvalue weighted by molar-refractivity contribution is 7.99. The number of benzene rings is 4. The second-order valence-electron chi connectivity index (χ2n) is 17.1. The fourth-order valence-electron chi connectivity index (χ4n) is 8.58. The Morgan fingerprint density at radius 2 is 0.985 bits per heavy atom. The van der Waals surface area contributed by atoms with Crippen LogP contribution < -0.4 is 0 Å². The van der Waals surface area contributed by atoms with E-state index in [2.05, 4.69) is 0 Å². The number of hydrogen-bond donors (Lipinski definition) is 0. The summed E-state index contributed by atoms with van der Waals surface area (Å²) in [5.74, 6) is -1.82. The second kappa shape index (κ2) is 21.7. The number of esters is 2. The van der Waals surface area contributed by atoms with Crippen molar-refractivity contribution < 1.29 is 38.5 Å². The molecule has 0 bridgehead atoms. The molecule has 2 aliphatic rings. The van der Waals surface area contributed by atoms with Crippen molar-refractivity contribution >= 4 is 59.0 Å². The molecule has 0 aromatic heterocycles. The van der Waals surface area contributed by atoms with Crippen molar-refractivity contribution in [3.8, 4) is 22.3 Å². The van der Waals surface area contributed by atoms with Gasteiger partial charge < -0.3 is 19.3 Å². The second-order valence-corrected chi connectivity index (χ2v) is 18.2. The van der Waals surface area contributed by atoms with Crippen molar-refractivity contribution in [2.45, 2.75) is 61.4 Å². The average molecular weight is 933 g/mol. The molecule has 2 amide bonds. The predicted octanol–water partition coefficient (Wildman–Crippen LogP) is 7.89. The standard InChI is InChI=1S/C50H56N6O10S/c1-31(2)35-13-9-11-15-37(35)45-33(19-23-43(57)53-27-25-51(5)39(29-53)49(59)65-7)17-21-41(47(45)55(61)62)67-42-22-18-34(20-24-44(58)54-28-26-52(6)40(30-54)50(60)66-8)46(48(42)56(63)64)38-16-12-10-14-36(38)32(3)4/h9-24,31-32,39-40H,25-30H2,1-8H3/b23-19+,24-20+. The molecule has 0 saturated carbocycles. The van der Waals surface area contributed by atoms with Crippen LogP contribution in [0.3, 0.4) is 0 Å². The molecule has 67 heavy (non-hydrogen) atoms. The van der Waals surface area contributed by atoms with Gasteiger partial charge in [-0.2, -0.15) is 0 Å². The third kappa shape index (κ3) is 11.0. The van der Waals surface area contributed by atoms with Crippen LogP contribution in [-0.4, -0.2) is 133 Å². The highest BCUT2D eigenvalue weighted by atomic mass is 32.2. The van der Waals surface area contributed by atoms with E-state index >= 15 is 0 Å². The number of piperazine rings is 2. The number of ether oxygens (including phenoxy) is 2. The lowest BCUT2D eigenvalue weighted by Crippen LogP contribution is -2.56. The number of carbonyl (C=O) groups excluding carboxylic acids is 4. The van der Waals surface area contributed by atoms with Gasteiger partial charge in [0.2, 0.25) is 11.8 Å². The van der Waals surface area contributed by atoms with Gasteiger partial charge >= 0.3 is 11.9 Å². The summed E-state index contributed by atoms with van der Waals surface area (Å²) < 4.78 is 9.91. The molecule has 2 unspecified atom stereocenters. The molecular weight excluding hydrogens is 877 g/mol. The van der Waals surface area contributed by atoms with E-state index in [0.717, 1.165) is 22.9 Å². The lowest BCUT2D eigenvalue weighted by Gasteiger charge is -2.37. The van der Waals surface area contributed by atoms with Gasteiger partial charge in [-0.3, -0.25) is 49.2 Å². The van der Waals surface area contributed by atoms with E-state index in [1.54, 1.807) is 50.5 Å². The molecule has 352 valence electrons. The lowest BCUT2D eigenvalue weighted by atomic mass is 9.89. The van der Waals surface area contributed by atoms with Crippen LogP contribution in [-0.2, 0) is 28.7 Å². The molecule has 17 heteroatoms. The van der Waals surface area contributed by atoms with E-state index in [1.165, 1.54) is 60.5 Å². The Balaban J connectivity index is 1.49. The molecular formula is C50H56N6O10S. The Morgan fingerprint density at radius 1 is 0.612 bits per heavy atom. The Hall–Kier alpha value is -6.69. The lowest BCUT2D eigenvalue weighted by molar-refractivity contribution is -0.387. The van der Waals surface area contributed by atoms with Crippen molar-refractivity contribution in [2.24, 2.45) is 0 Å². The smallest absolute Gasteiger partial charge is 0.324 e. The van der Waals surface area contributed by atoms with E-state index in [-0.39, 0.29) is 69.0 Å². The molecule has 2 fully saturated rings. The Labute approximate surface area is 394 Å². The van der Waals surface area contributed by atoms with Gasteiger partial charge in [0.25, 0.3) is 11.4 Å². The molecule has 0 aliphatic carbocycles. The van der Waals surface area contributed by atoms with Crippen LogP contribution in [0.4, 0.5) is 11.4 Å². The van der Waals surface area contributed by atoms with Crippen LogP contribution in [0.2, 0.25) is 0 Å². The number of nitro groups is 2. The molecule has 2 aliphatic heterocycles. The van der Waals surface area contributed by atoms with Gasteiger partial charge in [-0.25, -0.2) is 0 Å². The summed E-state index contributed by atoms with van der Waals surface area (Å²) in [5, 5.41) is 26.9. The molecule has 2 saturated heterocycles. The Morgan fingerprint density at radius 3 is 1.33 bits per heavy atom. The van der Waals surface area contributed by atoms with Gasteiger partial charge in [-0.05, 0) is 83.6 Å². The number of amides is 2. The first-order chi connectivity index (χ1) is 32.0. The van der Waals surface area contributed by atoms with Crippen molar-refractivity contribution in [1.29, 1.82) is 0 Å². The monoisotopic (exact) mass is 932 g/mol. The molecule has 4 aromatic rings. The first-order valence-corrected chi connectivity index (χ1v) is 22.8. The summed E-state index contributed by atoms with van der Waals surface area (Å²) in [4.78, 5) is 85.2. The van der Waals surface area contributed by atoms with Gasteiger partial charge in [0.05, 0.1) is 45.0 Å². The fraction of sp³-hybridized carbons (Fsp3) is 0.360. The van der Waals surface area contributed by atoms with Gasteiger partial charge in [0, 0.05) is 51.4 Å². The van der Waals surface area contributed by atoms with E-state index in [9.17, 15) is 39.4 Å². The molecule has 6 rings (SSSR count). The minimum Gasteiger partial charge on any atom is -0.468 e. The summed E-state index contributed by atoms with van der Waals surface area (Å²) in [6.07, 6.45) is 5.75. The maximum Gasteiger partial charge on any atom is 0.324 e. The highest BCUT2D eigenvalue weighted by Gasteiger charge is 2.35. The van der Waals surface area contributed by atoms with Gasteiger partial charge in [0.15, 0.2) is 0 Å². The SMILES string of the molecule is COC(=O)C1CN(C(=O)/C=C/c2ccc(Sc3ccc(/C=C/C(=O)N4CCN(C)C(C(=O)OC)C4)c(-c4ccccc4C(C)C)c3[N+](=O)[O-])c([N+](=O)[O-])c2-c2ccccc2C(C)C)CCN1C. The zero-order chi connectivity index (χ0) is 48.7. The average Bonchev–Trinajstić information content (AvgIpc) is 3.32. The summed E-state index contributed by atoms with van der Waals surface area (Å²) in [6, 6.07) is 19.7. The number of nitro benzene ring substituents is 2. The van der Waals surface area contributed by atoms with Crippen LogP contribution in [0.5, 0.6) is 0 Å². The third-order valence-electron chi connectivity index (χ3n) is 12.3. The summed E-state index contributed by atoms with van der Waals surface area (Å²) in [7, 11) is 6.15. The molecule has 2 heterocycles. The molecule has 4 aromatic carbocycles. The number of methoxy groups -OCH3 is 2. The number of likely N-dealkylation sites (N-methyl/N-ethyl adjacent to an activating group) is 2. The summed E-state index contributed by atoms with van der Waals surface area (Å²) >= 11 is 0.887. The topological polar surface area (TPSA) is 186 Å². The Kier molecular flexibility index (Phi) is 16.1. The zero-order valence-electron chi connectivity index (χ0n) is 39.0. The quantitative estimate of drug-likeness (QED) is 0.0515. The molecule has 0 radical (unpaired) electrons. The van der Waals surface area contributed by atoms with Crippen molar-refractivity contribution in [2.75, 3.05) is 67.6 Å². The highest BCUT2D eigenvalue weighted by Crippen LogP contribution is 2.50. The number of rotatable bonds is 14. The molecule has 0 spiro atoms. The zero-order valence-corrected chi connectivity index (χ0v) is 39.8. The van der Waals surface area contributed by atoms with Gasteiger partial charge in [-0.1, -0.05) is 100 Å². The minimum atomic E-state index is -0.650. The maximum atomic E-state index is 13.7. The number of nitrogens with zero attached hydrogens (tertiary/aromatic N) is 6. The summed E-state index contributed by atoms with van der Waals surface area (Å²) in [5.41, 5.74) is 3.37. The van der Waals surface area contributed by atoms with E-state index in [1.807, 2.05) is 61.8 Å². The first-order valence-electron chi connectivity index (χ1n) is 22.0. The van der Waals surface area contributed by atoms with Crippen LogP contribution in [0.15, 0.2) is 94.7 Å². The van der Waals surface area contributed by atoms with Crippen LogP contribution in [0, 0.1) is 20.2 Å². The summed E-state index contributed by atoms with van der Waals surface area (Å²) in [6.45, 7) is 9.68. The van der Waals surface area contributed by atoms with Crippen LogP contribution >= 0.6 is 11.8 Å². The van der Waals surface area contributed by atoms with Crippen molar-refractivity contribution in [3.05, 3.63) is 127 Å². The molecule has 0 N–H and O–H groups in total. The van der Waals surface area contributed by atoms with Crippen LogP contribution in [0.1, 0.15) is 61.8 Å². The van der Waals surface area contributed by atoms with Crippen molar-refractivity contribution in [3.63, 3.8) is 0 Å².